The highest BCUT2D eigenvalue weighted by molar-refractivity contribution is 7.99. The van der Waals surface area contributed by atoms with Gasteiger partial charge in [-0.15, -0.1) is 0 Å². The minimum absolute atomic E-state index is 0.275. The number of furan rings is 1. The molecule has 2 aliphatic heterocycles. The predicted octanol–water partition coefficient (Wildman–Crippen LogP) is 1.36. The van der Waals surface area contributed by atoms with Crippen LogP contribution in [0.1, 0.15) is 12.2 Å². The predicted molar refractivity (Wildman–Crippen MR) is 88.9 cm³/mol. The van der Waals surface area contributed by atoms with Crippen LogP contribution in [-0.2, 0) is 11.3 Å². The van der Waals surface area contributed by atoms with E-state index in [2.05, 4.69) is 16.8 Å². The van der Waals surface area contributed by atoms with Gasteiger partial charge in [-0.05, 0) is 31.4 Å². The van der Waals surface area contributed by atoms with E-state index in [0.717, 1.165) is 38.5 Å². The summed E-state index contributed by atoms with van der Waals surface area (Å²) in [6, 6.07) is 4.51. The van der Waals surface area contributed by atoms with E-state index in [0.29, 0.717) is 12.6 Å². The van der Waals surface area contributed by atoms with Gasteiger partial charge in [-0.2, -0.15) is 11.8 Å². The fourth-order valence-corrected chi connectivity index (χ4v) is 4.39. The maximum Gasteiger partial charge on any atom is 0.236 e. The second kappa shape index (κ2) is 7.53. The molecule has 1 aromatic heterocycles. The van der Waals surface area contributed by atoms with Gasteiger partial charge >= 0.3 is 0 Å². The fourth-order valence-electron chi connectivity index (χ4n) is 3.09. The summed E-state index contributed by atoms with van der Waals surface area (Å²) >= 11 is 1.99. The van der Waals surface area contributed by atoms with E-state index < -0.39 is 0 Å². The van der Waals surface area contributed by atoms with Gasteiger partial charge in [0.05, 0.1) is 19.4 Å². The lowest BCUT2D eigenvalue weighted by atomic mass is 10.2. The summed E-state index contributed by atoms with van der Waals surface area (Å²) in [6.07, 6.45) is 2.93. The Hall–Kier alpha value is -0.980. The molecule has 0 saturated carbocycles. The van der Waals surface area contributed by atoms with E-state index in [1.54, 1.807) is 6.26 Å². The van der Waals surface area contributed by atoms with Gasteiger partial charge in [0.1, 0.15) is 5.76 Å². The highest BCUT2D eigenvalue weighted by Gasteiger charge is 2.26. The summed E-state index contributed by atoms with van der Waals surface area (Å²) in [5.74, 6) is 3.67. The molecule has 0 radical (unpaired) electrons. The Kier molecular flexibility index (Phi) is 5.44. The number of hydrogen-bond donors (Lipinski definition) is 0. The van der Waals surface area contributed by atoms with Crippen molar-refractivity contribution in [2.75, 3.05) is 51.3 Å². The lowest BCUT2D eigenvalue weighted by Crippen LogP contribution is -2.51. The molecular weight excluding hydrogens is 298 g/mol. The fraction of sp³-hybridized carbons (Fsp3) is 0.688. The van der Waals surface area contributed by atoms with Crippen molar-refractivity contribution >= 4 is 17.7 Å². The number of nitrogens with zero attached hydrogens (tertiary/aromatic N) is 3. The molecule has 0 N–H and O–H groups in total. The molecule has 3 heterocycles. The van der Waals surface area contributed by atoms with Crippen LogP contribution in [0, 0.1) is 0 Å². The standard InChI is InChI=1S/C16H25N3O2S/c1-17(14-4-10-22-13-14)12-16(20)19-7-5-18(6-8-19)11-15-3-2-9-21-15/h2-3,9,14H,4-8,10-13H2,1H3. The van der Waals surface area contributed by atoms with Gasteiger partial charge < -0.3 is 9.32 Å². The normalized spacial score (nSPS) is 23.4. The van der Waals surface area contributed by atoms with Crippen molar-refractivity contribution in [3.8, 4) is 0 Å². The summed E-state index contributed by atoms with van der Waals surface area (Å²) < 4.78 is 5.39. The second-order valence-corrected chi connectivity index (χ2v) is 7.32. The van der Waals surface area contributed by atoms with Crippen LogP contribution in [0.3, 0.4) is 0 Å². The van der Waals surface area contributed by atoms with E-state index in [-0.39, 0.29) is 5.91 Å². The first-order valence-corrected chi connectivity index (χ1v) is 9.18. The van der Waals surface area contributed by atoms with Gasteiger partial charge in [-0.25, -0.2) is 0 Å². The van der Waals surface area contributed by atoms with Gasteiger partial charge in [0.15, 0.2) is 0 Å². The molecule has 2 aliphatic rings. The average molecular weight is 323 g/mol. The first-order valence-electron chi connectivity index (χ1n) is 8.03. The summed E-state index contributed by atoms with van der Waals surface area (Å²) in [6.45, 7) is 4.90. The van der Waals surface area contributed by atoms with E-state index in [1.165, 1.54) is 17.9 Å². The molecule has 1 aromatic rings. The molecule has 1 amide bonds. The highest BCUT2D eigenvalue weighted by Crippen LogP contribution is 2.21. The number of carbonyl (C=O) groups excluding carboxylic acids is 1. The molecule has 0 aliphatic carbocycles. The number of likely N-dealkylation sites (N-methyl/N-ethyl adjacent to an activating group) is 1. The number of rotatable bonds is 5. The topological polar surface area (TPSA) is 39.9 Å². The van der Waals surface area contributed by atoms with Gasteiger partial charge in [0.25, 0.3) is 0 Å². The molecule has 5 nitrogen and oxygen atoms in total. The molecule has 6 heteroatoms. The number of thioether (sulfide) groups is 1. The molecule has 1 unspecified atom stereocenters. The van der Waals surface area contributed by atoms with Crippen molar-refractivity contribution in [2.24, 2.45) is 0 Å². The minimum Gasteiger partial charge on any atom is -0.468 e. The summed E-state index contributed by atoms with van der Waals surface area (Å²) in [4.78, 5) is 19.0. The lowest BCUT2D eigenvalue weighted by molar-refractivity contribution is -0.134. The zero-order valence-electron chi connectivity index (χ0n) is 13.2. The van der Waals surface area contributed by atoms with Gasteiger partial charge in [0.2, 0.25) is 5.91 Å². The van der Waals surface area contributed by atoms with Crippen molar-refractivity contribution in [3.05, 3.63) is 24.2 Å². The summed E-state index contributed by atoms with van der Waals surface area (Å²) in [5, 5.41) is 0. The van der Waals surface area contributed by atoms with Crippen LogP contribution in [0.5, 0.6) is 0 Å². The van der Waals surface area contributed by atoms with Crippen LogP contribution in [-0.4, -0.2) is 77.9 Å². The van der Waals surface area contributed by atoms with E-state index in [1.807, 2.05) is 28.8 Å². The summed E-state index contributed by atoms with van der Waals surface area (Å²) in [7, 11) is 2.08. The monoisotopic (exact) mass is 323 g/mol. The maximum absolute atomic E-state index is 12.4. The molecule has 3 rings (SSSR count). The molecular formula is C16H25N3O2S. The third-order valence-corrected chi connectivity index (χ3v) is 5.74. The average Bonchev–Trinajstić information content (AvgIpc) is 3.21. The van der Waals surface area contributed by atoms with Crippen molar-refractivity contribution in [3.63, 3.8) is 0 Å². The molecule has 0 spiro atoms. The number of hydrogen-bond acceptors (Lipinski definition) is 5. The molecule has 0 bridgehead atoms. The Balaban J connectivity index is 1.41. The van der Waals surface area contributed by atoms with Crippen LogP contribution >= 0.6 is 11.8 Å². The van der Waals surface area contributed by atoms with Crippen LogP contribution in [0.4, 0.5) is 0 Å². The van der Waals surface area contributed by atoms with E-state index in [4.69, 9.17) is 4.42 Å². The third kappa shape index (κ3) is 4.06. The van der Waals surface area contributed by atoms with Crippen LogP contribution in [0.2, 0.25) is 0 Å². The quantitative estimate of drug-likeness (QED) is 0.818. The molecule has 2 fully saturated rings. The SMILES string of the molecule is CN(CC(=O)N1CCN(Cc2ccco2)CC1)C1CCSC1. The smallest absolute Gasteiger partial charge is 0.236 e. The van der Waals surface area contributed by atoms with Crippen molar-refractivity contribution in [1.82, 2.24) is 14.7 Å². The molecule has 2 saturated heterocycles. The lowest BCUT2D eigenvalue weighted by Gasteiger charge is -2.35. The Bertz CT molecular complexity index is 466. The highest BCUT2D eigenvalue weighted by atomic mass is 32.2. The van der Waals surface area contributed by atoms with E-state index >= 15 is 0 Å². The van der Waals surface area contributed by atoms with Crippen LogP contribution < -0.4 is 0 Å². The Morgan fingerprint density at radius 1 is 1.41 bits per heavy atom. The summed E-state index contributed by atoms with van der Waals surface area (Å²) in [5.41, 5.74) is 0. The van der Waals surface area contributed by atoms with Gasteiger partial charge in [0, 0.05) is 38.0 Å². The molecule has 122 valence electrons. The Labute approximate surface area is 136 Å². The van der Waals surface area contributed by atoms with Crippen molar-refractivity contribution in [1.29, 1.82) is 0 Å². The van der Waals surface area contributed by atoms with Crippen molar-refractivity contribution in [2.45, 2.75) is 19.0 Å². The second-order valence-electron chi connectivity index (χ2n) is 6.17. The number of carbonyl (C=O) groups is 1. The van der Waals surface area contributed by atoms with Gasteiger partial charge in [-0.1, -0.05) is 0 Å². The van der Waals surface area contributed by atoms with E-state index in [9.17, 15) is 4.79 Å². The number of piperazine rings is 1. The van der Waals surface area contributed by atoms with Crippen LogP contribution in [0.25, 0.3) is 0 Å². The molecule has 22 heavy (non-hydrogen) atoms. The maximum atomic E-state index is 12.4. The largest absolute Gasteiger partial charge is 0.468 e. The number of amides is 1. The molecule has 1 atom stereocenters. The van der Waals surface area contributed by atoms with Crippen LogP contribution in [0.15, 0.2) is 22.8 Å². The third-order valence-electron chi connectivity index (χ3n) is 4.60. The first kappa shape index (κ1) is 15.9. The first-order chi connectivity index (χ1) is 10.7. The Morgan fingerprint density at radius 3 is 2.86 bits per heavy atom. The zero-order valence-corrected chi connectivity index (χ0v) is 14.1. The Morgan fingerprint density at radius 2 is 2.23 bits per heavy atom. The minimum atomic E-state index is 0.275. The van der Waals surface area contributed by atoms with Crippen molar-refractivity contribution < 1.29 is 9.21 Å². The molecule has 0 aromatic carbocycles. The van der Waals surface area contributed by atoms with Gasteiger partial charge in [-0.3, -0.25) is 14.6 Å². The zero-order chi connectivity index (χ0) is 15.4.